The standard InChI is InChI=1S/C18H16N2O/c1-13-9-14(10-19)5-6-15(13)11-20-8-7-17-16(12-21)3-2-4-18(17)20/h2-9,21H,11-12H2,1H3. The molecule has 0 saturated carbocycles. The molecule has 0 saturated heterocycles. The smallest absolute Gasteiger partial charge is 0.0991 e. The Morgan fingerprint density at radius 1 is 1.14 bits per heavy atom. The molecule has 0 aliphatic rings. The third kappa shape index (κ3) is 2.42. The van der Waals surface area contributed by atoms with E-state index in [4.69, 9.17) is 5.26 Å². The van der Waals surface area contributed by atoms with E-state index in [0.717, 1.165) is 28.6 Å². The molecule has 3 heteroatoms. The first-order valence-electron chi connectivity index (χ1n) is 6.90. The van der Waals surface area contributed by atoms with Crippen LogP contribution in [0.4, 0.5) is 0 Å². The fourth-order valence-electron chi connectivity index (χ4n) is 2.69. The molecule has 1 aromatic heterocycles. The Labute approximate surface area is 123 Å². The number of aliphatic hydroxyl groups is 1. The van der Waals surface area contributed by atoms with Crippen LogP contribution in [0.2, 0.25) is 0 Å². The van der Waals surface area contributed by atoms with Crippen molar-refractivity contribution in [1.82, 2.24) is 4.57 Å². The van der Waals surface area contributed by atoms with Crippen LogP contribution in [-0.4, -0.2) is 9.67 Å². The van der Waals surface area contributed by atoms with Crippen LogP contribution >= 0.6 is 0 Å². The minimum Gasteiger partial charge on any atom is -0.392 e. The SMILES string of the molecule is Cc1cc(C#N)ccc1Cn1ccc2c(CO)cccc21. The largest absolute Gasteiger partial charge is 0.392 e. The van der Waals surface area contributed by atoms with Gasteiger partial charge in [-0.3, -0.25) is 0 Å². The van der Waals surface area contributed by atoms with E-state index in [2.05, 4.69) is 16.7 Å². The van der Waals surface area contributed by atoms with Crippen LogP contribution in [0.3, 0.4) is 0 Å². The fraction of sp³-hybridized carbons (Fsp3) is 0.167. The molecule has 1 N–H and O–H groups in total. The maximum absolute atomic E-state index is 9.40. The van der Waals surface area contributed by atoms with Gasteiger partial charge in [0.15, 0.2) is 0 Å². The van der Waals surface area contributed by atoms with E-state index in [-0.39, 0.29) is 6.61 Å². The summed E-state index contributed by atoms with van der Waals surface area (Å²) in [5, 5.41) is 19.4. The second-order valence-electron chi connectivity index (χ2n) is 5.20. The minimum absolute atomic E-state index is 0.0528. The van der Waals surface area contributed by atoms with E-state index < -0.39 is 0 Å². The van der Waals surface area contributed by atoms with Gasteiger partial charge in [-0.1, -0.05) is 18.2 Å². The summed E-state index contributed by atoms with van der Waals surface area (Å²) in [5.74, 6) is 0. The van der Waals surface area contributed by atoms with E-state index >= 15 is 0 Å². The predicted octanol–water partition coefficient (Wildman–Crippen LogP) is 3.36. The third-order valence-electron chi connectivity index (χ3n) is 3.89. The highest BCUT2D eigenvalue weighted by atomic mass is 16.3. The van der Waals surface area contributed by atoms with Crippen molar-refractivity contribution in [2.45, 2.75) is 20.1 Å². The van der Waals surface area contributed by atoms with Crippen molar-refractivity contribution in [3.05, 3.63) is 70.9 Å². The van der Waals surface area contributed by atoms with Gasteiger partial charge in [-0.05, 0) is 47.9 Å². The van der Waals surface area contributed by atoms with Crippen molar-refractivity contribution in [2.24, 2.45) is 0 Å². The lowest BCUT2D eigenvalue weighted by Crippen LogP contribution is -2.00. The molecule has 0 bridgehead atoms. The highest BCUT2D eigenvalue weighted by Gasteiger charge is 2.07. The Morgan fingerprint density at radius 3 is 2.71 bits per heavy atom. The molecule has 3 aromatic rings. The lowest BCUT2D eigenvalue weighted by atomic mass is 10.1. The molecule has 0 aliphatic carbocycles. The number of hydrogen-bond donors (Lipinski definition) is 1. The summed E-state index contributed by atoms with van der Waals surface area (Å²) in [5.41, 5.74) is 5.07. The molecule has 104 valence electrons. The van der Waals surface area contributed by atoms with Gasteiger partial charge < -0.3 is 9.67 Å². The number of aryl methyl sites for hydroxylation is 1. The van der Waals surface area contributed by atoms with E-state index in [1.54, 1.807) is 0 Å². The zero-order valence-corrected chi connectivity index (χ0v) is 11.9. The summed E-state index contributed by atoms with van der Waals surface area (Å²) in [7, 11) is 0. The van der Waals surface area contributed by atoms with E-state index in [1.807, 2.05) is 49.5 Å². The van der Waals surface area contributed by atoms with E-state index in [9.17, 15) is 5.11 Å². The quantitative estimate of drug-likeness (QED) is 0.797. The molecule has 0 spiro atoms. The summed E-state index contributed by atoms with van der Waals surface area (Å²) < 4.78 is 2.17. The molecule has 0 aliphatic heterocycles. The van der Waals surface area contributed by atoms with Gasteiger partial charge in [-0.25, -0.2) is 0 Å². The number of nitriles is 1. The molecule has 0 fully saturated rings. The minimum atomic E-state index is 0.0528. The van der Waals surface area contributed by atoms with Crippen molar-refractivity contribution < 1.29 is 5.11 Å². The maximum Gasteiger partial charge on any atom is 0.0991 e. The molecule has 3 rings (SSSR count). The number of aliphatic hydroxyl groups excluding tert-OH is 1. The Bertz CT molecular complexity index is 840. The van der Waals surface area contributed by atoms with Crippen molar-refractivity contribution in [3.8, 4) is 6.07 Å². The highest BCUT2D eigenvalue weighted by molar-refractivity contribution is 5.83. The summed E-state index contributed by atoms with van der Waals surface area (Å²) in [4.78, 5) is 0. The number of nitrogens with zero attached hydrogens (tertiary/aromatic N) is 2. The second-order valence-corrected chi connectivity index (χ2v) is 5.20. The number of hydrogen-bond acceptors (Lipinski definition) is 2. The van der Waals surface area contributed by atoms with Crippen LogP contribution in [0.15, 0.2) is 48.7 Å². The molecular formula is C18H16N2O. The molecule has 0 radical (unpaired) electrons. The van der Waals surface area contributed by atoms with Crippen LogP contribution in [-0.2, 0) is 13.2 Å². The molecule has 21 heavy (non-hydrogen) atoms. The van der Waals surface area contributed by atoms with E-state index in [1.165, 1.54) is 5.56 Å². The summed E-state index contributed by atoms with van der Waals surface area (Å²) >= 11 is 0. The Morgan fingerprint density at radius 2 is 2.00 bits per heavy atom. The van der Waals surface area contributed by atoms with Gasteiger partial charge in [-0.2, -0.15) is 5.26 Å². The van der Waals surface area contributed by atoms with Crippen molar-refractivity contribution in [3.63, 3.8) is 0 Å². The Hall–Kier alpha value is -2.57. The Kier molecular flexibility index (Phi) is 3.47. The molecule has 3 nitrogen and oxygen atoms in total. The van der Waals surface area contributed by atoms with Gasteiger partial charge in [0, 0.05) is 23.6 Å². The topological polar surface area (TPSA) is 49.0 Å². The van der Waals surface area contributed by atoms with Crippen LogP contribution in [0, 0.1) is 18.3 Å². The first-order valence-corrected chi connectivity index (χ1v) is 6.90. The summed E-state index contributed by atoms with van der Waals surface area (Å²) in [6.45, 7) is 2.84. The maximum atomic E-state index is 9.40. The Balaban J connectivity index is 2.01. The molecule has 0 amide bonds. The second kappa shape index (κ2) is 5.43. The molecule has 0 unspecified atom stereocenters. The lowest BCUT2D eigenvalue weighted by molar-refractivity contribution is 0.283. The fourth-order valence-corrected chi connectivity index (χ4v) is 2.69. The molecule has 0 atom stereocenters. The van der Waals surface area contributed by atoms with Gasteiger partial charge in [0.05, 0.1) is 18.2 Å². The first-order chi connectivity index (χ1) is 10.2. The van der Waals surface area contributed by atoms with Gasteiger partial charge in [0.1, 0.15) is 0 Å². The van der Waals surface area contributed by atoms with Gasteiger partial charge in [-0.15, -0.1) is 0 Å². The lowest BCUT2D eigenvalue weighted by Gasteiger charge is -2.09. The normalized spacial score (nSPS) is 10.7. The summed E-state index contributed by atoms with van der Waals surface area (Å²) in [6, 6.07) is 16.0. The zero-order valence-electron chi connectivity index (χ0n) is 11.9. The van der Waals surface area contributed by atoms with Gasteiger partial charge in [0.2, 0.25) is 0 Å². The average Bonchev–Trinajstić information content (AvgIpc) is 2.92. The summed E-state index contributed by atoms with van der Waals surface area (Å²) in [6.07, 6.45) is 2.04. The van der Waals surface area contributed by atoms with Crippen LogP contribution < -0.4 is 0 Å². The zero-order chi connectivity index (χ0) is 14.8. The van der Waals surface area contributed by atoms with Crippen LogP contribution in [0.1, 0.15) is 22.3 Å². The number of rotatable bonds is 3. The van der Waals surface area contributed by atoms with Crippen LogP contribution in [0.5, 0.6) is 0 Å². The first kappa shape index (κ1) is 13.4. The van der Waals surface area contributed by atoms with Crippen LogP contribution in [0.25, 0.3) is 10.9 Å². The number of benzene rings is 2. The number of aromatic nitrogens is 1. The van der Waals surface area contributed by atoms with Gasteiger partial charge >= 0.3 is 0 Å². The third-order valence-corrected chi connectivity index (χ3v) is 3.89. The molecule has 2 aromatic carbocycles. The van der Waals surface area contributed by atoms with Crippen molar-refractivity contribution in [2.75, 3.05) is 0 Å². The molecule has 1 heterocycles. The molecular weight excluding hydrogens is 260 g/mol. The monoisotopic (exact) mass is 276 g/mol. The average molecular weight is 276 g/mol. The van der Waals surface area contributed by atoms with Gasteiger partial charge in [0.25, 0.3) is 0 Å². The van der Waals surface area contributed by atoms with Crippen molar-refractivity contribution in [1.29, 1.82) is 5.26 Å². The predicted molar refractivity (Wildman–Crippen MR) is 82.9 cm³/mol. The van der Waals surface area contributed by atoms with E-state index in [0.29, 0.717) is 5.56 Å². The van der Waals surface area contributed by atoms with Crippen molar-refractivity contribution >= 4 is 10.9 Å². The highest BCUT2D eigenvalue weighted by Crippen LogP contribution is 2.22. The number of fused-ring (bicyclic) bond motifs is 1.